The molecule has 0 fully saturated rings. The van der Waals surface area contributed by atoms with E-state index in [1.807, 2.05) is 0 Å². The standard InChI is InChI=1S/C19H18F3N3S/c20-19(21,22)13-7-5-12(6-8-13)9-10-23-17-16-14-3-1-2-4-15(14)26-18(16)25-11-24-17/h5-8,11H,1-4,9-10H2,(H,23,24,25). The summed E-state index contributed by atoms with van der Waals surface area (Å²) in [7, 11) is 0. The molecule has 1 aliphatic carbocycles. The molecule has 0 saturated carbocycles. The summed E-state index contributed by atoms with van der Waals surface area (Å²) < 4.78 is 37.9. The molecule has 0 bridgehead atoms. The third-order valence-corrected chi connectivity index (χ3v) is 5.94. The van der Waals surface area contributed by atoms with Gasteiger partial charge in [-0.3, -0.25) is 0 Å². The highest BCUT2D eigenvalue weighted by atomic mass is 32.1. The topological polar surface area (TPSA) is 37.8 Å². The van der Waals surface area contributed by atoms with Crippen molar-refractivity contribution in [2.75, 3.05) is 11.9 Å². The van der Waals surface area contributed by atoms with Crippen LogP contribution in [0.5, 0.6) is 0 Å². The summed E-state index contributed by atoms with van der Waals surface area (Å²) in [5, 5.41) is 4.48. The molecule has 26 heavy (non-hydrogen) atoms. The Morgan fingerprint density at radius 2 is 1.81 bits per heavy atom. The van der Waals surface area contributed by atoms with E-state index in [9.17, 15) is 13.2 Å². The van der Waals surface area contributed by atoms with Gasteiger partial charge in [-0.1, -0.05) is 12.1 Å². The minimum atomic E-state index is -4.29. The van der Waals surface area contributed by atoms with Crippen LogP contribution in [0.1, 0.15) is 34.4 Å². The molecule has 0 radical (unpaired) electrons. The van der Waals surface area contributed by atoms with Crippen LogP contribution in [0, 0.1) is 0 Å². The van der Waals surface area contributed by atoms with Crippen molar-refractivity contribution < 1.29 is 13.2 Å². The average Bonchev–Trinajstić information content (AvgIpc) is 3.01. The zero-order valence-electron chi connectivity index (χ0n) is 14.1. The zero-order chi connectivity index (χ0) is 18.1. The first-order valence-corrected chi connectivity index (χ1v) is 9.49. The van der Waals surface area contributed by atoms with Gasteiger partial charge in [0.1, 0.15) is 17.0 Å². The van der Waals surface area contributed by atoms with Crippen molar-refractivity contribution in [3.63, 3.8) is 0 Å². The zero-order valence-corrected chi connectivity index (χ0v) is 14.9. The van der Waals surface area contributed by atoms with Gasteiger partial charge in [-0.25, -0.2) is 9.97 Å². The molecule has 0 amide bonds. The van der Waals surface area contributed by atoms with Crippen LogP contribution in [0.25, 0.3) is 10.2 Å². The number of thiophene rings is 1. The molecule has 1 N–H and O–H groups in total. The van der Waals surface area contributed by atoms with Crippen molar-refractivity contribution in [1.82, 2.24) is 9.97 Å². The molecule has 7 heteroatoms. The molecule has 0 saturated heterocycles. The number of alkyl halides is 3. The minimum Gasteiger partial charge on any atom is -0.369 e. The molecule has 2 aromatic heterocycles. The first-order chi connectivity index (χ1) is 12.5. The van der Waals surface area contributed by atoms with Crippen molar-refractivity contribution >= 4 is 27.4 Å². The van der Waals surface area contributed by atoms with Crippen molar-refractivity contribution in [3.8, 4) is 0 Å². The number of rotatable bonds is 4. The number of halogens is 3. The number of nitrogens with zero attached hydrogens (tertiary/aromatic N) is 2. The molecular formula is C19H18F3N3S. The molecule has 1 aliphatic rings. The van der Waals surface area contributed by atoms with Crippen LogP contribution in [0.15, 0.2) is 30.6 Å². The summed E-state index contributed by atoms with van der Waals surface area (Å²) in [6.45, 7) is 0.613. The van der Waals surface area contributed by atoms with E-state index in [-0.39, 0.29) is 0 Å². The predicted octanol–water partition coefficient (Wildman–Crippen LogP) is 5.24. The molecule has 0 aliphatic heterocycles. The highest BCUT2D eigenvalue weighted by Crippen LogP contribution is 2.38. The van der Waals surface area contributed by atoms with Crippen molar-refractivity contribution in [2.24, 2.45) is 0 Å². The lowest BCUT2D eigenvalue weighted by Crippen LogP contribution is -2.09. The highest BCUT2D eigenvalue weighted by molar-refractivity contribution is 7.19. The van der Waals surface area contributed by atoms with Gasteiger partial charge in [-0.2, -0.15) is 13.2 Å². The van der Waals surface area contributed by atoms with Crippen molar-refractivity contribution in [3.05, 3.63) is 52.2 Å². The van der Waals surface area contributed by atoms with E-state index in [1.54, 1.807) is 17.7 Å². The molecule has 0 atom stereocenters. The lowest BCUT2D eigenvalue weighted by molar-refractivity contribution is -0.137. The molecule has 1 aromatic carbocycles. The molecule has 4 rings (SSSR count). The molecule has 3 aromatic rings. The van der Waals surface area contributed by atoms with Gasteiger partial charge in [0, 0.05) is 11.4 Å². The normalized spacial score (nSPS) is 14.4. The maximum atomic E-state index is 12.6. The highest BCUT2D eigenvalue weighted by Gasteiger charge is 2.29. The van der Waals surface area contributed by atoms with Crippen LogP contribution in [-0.4, -0.2) is 16.5 Å². The number of aryl methyl sites for hydroxylation is 2. The van der Waals surface area contributed by atoms with Gasteiger partial charge < -0.3 is 5.32 Å². The molecule has 136 valence electrons. The lowest BCUT2D eigenvalue weighted by atomic mass is 9.97. The van der Waals surface area contributed by atoms with Crippen LogP contribution in [0.3, 0.4) is 0 Å². The van der Waals surface area contributed by atoms with Crippen LogP contribution in [0.4, 0.5) is 19.0 Å². The first kappa shape index (κ1) is 17.3. The third-order valence-electron chi connectivity index (χ3n) is 4.74. The summed E-state index contributed by atoms with van der Waals surface area (Å²) >= 11 is 1.75. The Morgan fingerprint density at radius 1 is 1.04 bits per heavy atom. The van der Waals surface area contributed by atoms with Crippen molar-refractivity contribution in [2.45, 2.75) is 38.3 Å². The fraction of sp³-hybridized carbons (Fsp3) is 0.368. The van der Waals surface area contributed by atoms with E-state index in [0.717, 1.165) is 46.6 Å². The Bertz CT molecular complexity index is 916. The second-order valence-corrected chi connectivity index (χ2v) is 7.57. The number of nitrogens with one attached hydrogen (secondary N) is 1. The third kappa shape index (κ3) is 3.40. The largest absolute Gasteiger partial charge is 0.416 e. The van der Waals surface area contributed by atoms with Crippen LogP contribution >= 0.6 is 11.3 Å². The van der Waals surface area contributed by atoms with Crippen LogP contribution in [-0.2, 0) is 25.4 Å². The number of benzene rings is 1. The van der Waals surface area contributed by atoms with Gasteiger partial charge in [0.05, 0.1) is 10.9 Å². The summed E-state index contributed by atoms with van der Waals surface area (Å²) in [6.07, 6.45) is 2.52. The van der Waals surface area contributed by atoms with E-state index in [4.69, 9.17) is 0 Å². The van der Waals surface area contributed by atoms with E-state index in [1.165, 1.54) is 35.4 Å². The fourth-order valence-corrected chi connectivity index (χ4v) is 4.64. The number of hydrogen-bond donors (Lipinski definition) is 1. The number of anilines is 1. The van der Waals surface area contributed by atoms with E-state index in [2.05, 4.69) is 15.3 Å². The van der Waals surface area contributed by atoms with Gasteiger partial charge in [0.15, 0.2) is 0 Å². The lowest BCUT2D eigenvalue weighted by Gasteiger charge is -2.12. The van der Waals surface area contributed by atoms with Gasteiger partial charge in [-0.05, 0) is 55.4 Å². The van der Waals surface area contributed by atoms with E-state index < -0.39 is 11.7 Å². The summed E-state index contributed by atoms with van der Waals surface area (Å²) in [4.78, 5) is 11.2. The SMILES string of the molecule is FC(F)(F)c1ccc(CCNc2ncnc3sc4c(c23)CCCC4)cc1. The maximum Gasteiger partial charge on any atom is 0.416 e. The Hall–Kier alpha value is -2.15. The Labute approximate surface area is 153 Å². The molecule has 0 unspecified atom stereocenters. The monoisotopic (exact) mass is 377 g/mol. The van der Waals surface area contributed by atoms with E-state index in [0.29, 0.717) is 13.0 Å². The van der Waals surface area contributed by atoms with Gasteiger partial charge in [-0.15, -0.1) is 11.3 Å². The second kappa shape index (κ2) is 6.87. The van der Waals surface area contributed by atoms with Crippen LogP contribution in [0.2, 0.25) is 0 Å². The Morgan fingerprint density at radius 3 is 2.58 bits per heavy atom. The second-order valence-electron chi connectivity index (χ2n) is 6.48. The van der Waals surface area contributed by atoms with Crippen molar-refractivity contribution in [1.29, 1.82) is 0 Å². The molecule has 3 nitrogen and oxygen atoms in total. The Kier molecular flexibility index (Phi) is 4.56. The van der Waals surface area contributed by atoms with Crippen LogP contribution < -0.4 is 5.32 Å². The van der Waals surface area contributed by atoms with Gasteiger partial charge >= 0.3 is 6.18 Å². The predicted molar refractivity (Wildman–Crippen MR) is 97.7 cm³/mol. The molecular weight excluding hydrogens is 359 g/mol. The quantitative estimate of drug-likeness (QED) is 0.675. The average molecular weight is 377 g/mol. The number of hydrogen-bond acceptors (Lipinski definition) is 4. The fourth-order valence-electron chi connectivity index (χ4n) is 3.41. The minimum absolute atomic E-state index is 0.613. The summed E-state index contributed by atoms with van der Waals surface area (Å²) in [5.41, 5.74) is 1.62. The van der Waals surface area contributed by atoms with E-state index >= 15 is 0 Å². The molecule has 0 spiro atoms. The number of aromatic nitrogens is 2. The Balaban J connectivity index is 1.47. The first-order valence-electron chi connectivity index (χ1n) is 8.67. The smallest absolute Gasteiger partial charge is 0.369 e. The maximum absolute atomic E-state index is 12.6. The number of fused-ring (bicyclic) bond motifs is 3. The van der Waals surface area contributed by atoms with Gasteiger partial charge in [0.25, 0.3) is 0 Å². The van der Waals surface area contributed by atoms with Gasteiger partial charge in [0.2, 0.25) is 0 Å². The molecule has 2 heterocycles. The summed E-state index contributed by atoms with van der Waals surface area (Å²) in [6, 6.07) is 5.33. The summed E-state index contributed by atoms with van der Waals surface area (Å²) in [5.74, 6) is 0.835.